The van der Waals surface area contributed by atoms with Crippen LogP contribution >= 0.6 is 0 Å². The number of aliphatic imine (C=N–C) groups is 1. The first-order valence-corrected chi connectivity index (χ1v) is 8.43. The summed E-state index contributed by atoms with van der Waals surface area (Å²) >= 11 is 0. The van der Waals surface area contributed by atoms with Gasteiger partial charge >= 0.3 is 0 Å². The number of hydrogen-bond acceptors (Lipinski definition) is 6. The molecule has 9 heteroatoms. The number of nitrogens with one attached hydrogen (secondary N) is 2. The molecule has 0 aliphatic rings. The van der Waals surface area contributed by atoms with E-state index in [-0.39, 0.29) is 13.2 Å². The first-order valence-electron chi connectivity index (χ1n) is 8.43. The normalized spacial score (nSPS) is 11.3. The highest BCUT2D eigenvalue weighted by Gasteiger charge is 2.07. The number of aryl methyl sites for hydroxylation is 1. The van der Waals surface area contributed by atoms with E-state index in [1.165, 1.54) is 6.33 Å². The number of benzene rings is 1. The van der Waals surface area contributed by atoms with Crippen LogP contribution in [0.4, 0.5) is 0 Å². The van der Waals surface area contributed by atoms with E-state index in [0.717, 1.165) is 17.9 Å². The summed E-state index contributed by atoms with van der Waals surface area (Å²) in [5, 5.41) is 19.4. The number of ether oxygens (including phenoxy) is 2. The van der Waals surface area contributed by atoms with E-state index in [2.05, 4.69) is 25.7 Å². The first-order chi connectivity index (χ1) is 12.7. The van der Waals surface area contributed by atoms with E-state index in [0.29, 0.717) is 30.5 Å². The average Bonchev–Trinajstić information content (AvgIpc) is 3.07. The Morgan fingerprint density at radius 1 is 1.31 bits per heavy atom. The molecule has 1 aromatic heterocycles. The summed E-state index contributed by atoms with van der Waals surface area (Å²) in [5.41, 5.74) is 0.981. The largest absolute Gasteiger partial charge is 0.493 e. The third-order valence-corrected chi connectivity index (χ3v) is 3.56. The average molecular weight is 362 g/mol. The van der Waals surface area contributed by atoms with Crippen LogP contribution in [0.3, 0.4) is 0 Å². The van der Waals surface area contributed by atoms with Crippen molar-refractivity contribution >= 4 is 5.96 Å². The minimum absolute atomic E-state index is 0.0432. The summed E-state index contributed by atoms with van der Waals surface area (Å²) in [5.74, 6) is 2.72. The highest BCUT2D eigenvalue weighted by atomic mass is 16.5. The molecule has 0 bridgehead atoms. The molecule has 2 aromatic rings. The lowest BCUT2D eigenvalue weighted by Crippen LogP contribution is -2.37. The summed E-state index contributed by atoms with van der Waals surface area (Å²) in [4.78, 5) is 8.76. The summed E-state index contributed by atoms with van der Waals surface area (Å²) in [6.45, 7) is 3.95. The lowest BCUT2D eigenvalue weighted by Gasteiger charge is -2.12. The van der Waals surface area contributed by atoms with Gasteiger partial charge in [0, 0.05) is 13.6 Å². The molecule has 0 aliphatic carbocycles. The molecule has 0 atom stereocenters. The molecule has 0 unspecified atom stereocenters. The van der Waals surface area contributed by atoms with Crippen molar-refractivity contribution in [2.24, 2.45) is 12.0 Å². The number of guanidine groups is 1. The Bertz CT molecular complexity index is 716. The topological polar surface area (TPSA) is 106 Å². The highest BCUT2D eigenvalue weighted by Crippen LogP contribution is 2.28. The second-order valence-electron chi connectivity index (χ2n) is 5.41. The van der Waals surface area contributed by atoms with Crippen LogP contribution in [0.25, 0.3) is 0 Å². The molecule has 1 heterocycles. The van der Waals surface area contributed by atoms with Crippen LogP contribution in [-0.4, -0.2) is 52.7 Å². The van der Waals surface area contributed by atoms with Crippen molar-refractivity contribution in [2.45, 2.75) is 20.0 Å². The van der Waals surface area contributed by atoms with Crippen LogP contribution in [0.2, 0.25) is 0 Å². The zero-order valence-electron chi connectivity index (χ0n) is 15.4. The van der Waals surface area contributed by atoms with Crippen molar-refractivity contribution < 1.29 is 14.6 Å². The molecule has 0 radical (unpaired) electrons. The van der Waals surface area contributed by atoms with Gasteiger partial charge in [0.05, 0.1) is 26.8 Å². The molecule has 2 rings (SSSR count). The quantitative estimate of drug-likeness (QED) is 0.439. The van der Waals surface area contributed by atoms with Crippen molar-refractivity contribution in [2.75, 3.05) is 26.9 Å². The maximum atomic E-state index is 8.87. The highest BCUT2D eigenvalue weighted by molar-refractivity contribution is 5.79. The maximum Gasteiger partial charge on any atom is 0.191 e. The molecule has 1 aromatic carbocycles. The van der Waals surface area contributed by atoms with E-state index >= 15 is 0 Å². The van der Waals surface area contributed by atoms with Gasteiger partial charge in [0.25, 0.3) is 0 Å². The van der Waals surface area contributed by atoms with Gasteiger partial charge in [-0.2, -0.15) is 5.10 Å². The number of aliphatic hydroxyl groups excluding tert-OH is 1. The summed E-state index contributed by atoms with van der Waals surface area (Å²) < 4.78 is 12.5. The van der Waals surface area contributed by atoms with E-state index in [1.807, 2.05) is 32.2 Å². The second-order valence-corrected chi connectivity index (χ2v) is 5.41. The molecule has 142 valence electrons. The standard InChI is InChI=1S/C17H26N6O3/c1-4-18-17(20-11-16-21-12-22-23(16)2)19-10-13-5-6-14(26-8-7-24)15(9-13)25-3/h5-6,9,12,24H,4,7-8,10-11H2,1-3H3,(H2,18,19,20). The third kappa shape index (κ3) is 5.62. The van der Waals surface area contributed by atoms with Gasteiger partial charge in [0.15, 0.2) is 17.5 Å². The van der Waals surface area contributed by atoms with Gasteiger partial charge in [0.2, 0.25) is 0 Å². The molecule has 0 fully saturated rings. The van der Waals surface area contributed by atoms with Crippen molar-refractivity contribution in [1.29, 1.82) is 0 Å². The zero-order chi connectivity index (χ0) is 18.8. The number of aromatic nitrogens is 3. The third-order valence-electron chi connectivity index (χ3n) is 3.56. The fourth-order valence-corrected chi connectivity index (χ4v) is 2.24. The van der Waals surface area contributed by atoms with Crippen molar-refractivity contribution in [3.63, 3.8) is 0 Å². The monoisotopic (exact) mass is 362 g/mol. The number of hydrogen-bond donors (Lipinski definition) is 3. The summed E-state index contributed by atoms with van der Waals surface area (Å²) in [6, 6.07) is 5.62. The fraction of sp³-hybridized carbons (Fsp3) is 0.471. The molecule has 0 aliphatic heterocycles. The maximum absolute atomic E-state index is 8.87. The predicted octanol–water partition coefficient (Wildman–Crippen LogP) is 0.450. The Hall–Kier alpha value is -2.81. The molecular formula is C17H26N6O3. The molecule has 0 amide bonds. The molecule has 9 nitrogen and oxygen atoms in total. The van der Waals surface area contributed by atoms with Gasteiger partial charge in [-0.05, 0) is 24.6 Å². The first kappa shape index (κ1) is 19.5. The van der Waals surface area contributed by atoms with Crippen LogP contribution in [0, 0.1) is 0 Å². The molecule has 0 spiro atoms. The van der Waals surface area contributed by atoms with Crippen LogP contribution in [0.1, 0.15) is 18.3 Å². The summed E-state index contributed by atoms with van der Waals surface area (Å²) in [6.07, 6.45) is 1.52. The molecule has 26 heavy (non-hydrogen) atoms. The van der Waals surface area contributed by atoms with Crippen LogP contribution in [0.15, 0.2) is 29.5 Å². The van der Waals surface area contributed by atoms with Gasteiger partial charge in [-0.3, -0.25) is 4.68 Å². The van der Waals surface area contributed by atoms with E-state index in [1.54, 1.807) is 11.8 Å². The lowest BCUT2D eigenvalue weighted by atomic mass is 10.2. The Balaban J connectivity index is 2.02. The smallest absolute Gasteiger partial charge is 0.191 e. The van der Waals surface area contributed by atoms with Crippen LogP contribution in [0.5, 0.6) is 11.5 Å². The van der Waals surface area contributed by atoms with Crippen molar-refractivity contribution in [1.82, 2.24) is 25.4 Å². The Labute approximate surface area is 153 Å². The number of rotatable bonds is 9. The van der Waals surface area contributed by atoms with Crippen LogP contribution in [-0.2, 0) is 20.1 Å². The van der Waals surface area contributed by atoms with Gasteiger partial charge in [-0.25, -0.2) is 9.98 Å². The Kier molecular flexibility index (Phi) is 7.69. The molecule has 0 saturated heterocycles. The van der Waals surface area contributed by atoms with Crippen molar-refractivity contribution in [3.05, 3.63) is 35.9 Å². The molecular weight excluding hydrogens is 336 g/mol. The van der Waals surface area contributed by atoms with Gasteiger partial charge in [0.1, 0.15) is 18.8 Å². The number of nitrogens with zero attached hydrogens (tertiary/aromatic N) is 4. The molecule has 0 saturated carbocycles. The van der Waals surface area contributed by atoms with E-state index in [9.17, 15) is 0 Å². The minimum Gasteiger partial charge on any atom is -0.493 e. The Morgan fingerprint density at radius 2 is 2.15 bits per heavy atom. The fourth-order valence-electron chi connectivity index (χ4n) is 2.24. The number of aliphatic hydroxyl groups is 1. The zero-order valence-corrected chi connectivity index (χ0v) is 15.4. The van der Waals surface area contributed by atoms with E-state index in [4.69, 9.17) is 14.6 Å². The van der Waals surface area contributed by atoms with Gasteiger partial charge in [-0.1, -0.05) is 6.07 Å². The SMILES string of the molecule is CCNC(=NCc1ccc(OCCO)c(OC)c1)NCc1ncnn1C. The molecule has 3 N–H and O–H groups in total. The predicted molar refractivity (Wildman–Crippen MR) is 98.2 cm³/mol. The summed E-state index contributed by atoms with van der Waals surface area (Å²) in [7, 11) is 3.43. The van der Waals surface area contributed by atoms with E-state index < -0.39 is 0 Å². The van der Waals surface area contributed by atoms with Crippen LogP contribution < -0.4 is 20.1 Å². The van der Waals surface area contributed by atoms with Crippen molar-refractivity contribution in [3.8, 4) is 11.5 Å². The number of methoxy groups -OCH3 is 1. The van der Waals surface area contributed by atoms with Gasteiger partial charge in [-0.15, -0.1) is 0 Å². The second kappa shape index (κ2) is 10.2. The Morgan fingerprint density at radius 3 is 2.81 bits per heavy atom. The van der Waals surface area contributed by atoms with Gasteiger partial charge < -0.3 is 25.2 Å². The minimum atomic E-state index is -0.0432. The lowest BCUT2D eigenvalue weighted by molar-refractivity contribution is 0.196.